The molecule has 0 radical (unpaired) electrons. The van der Waals surface area contributed by atoms with Crippen molar-refractivity contribution in [3.63, 3.8) is 0 Å². The van der Waals surface area contributed by atoms with E-state index >= 15 is 0 Å². The van der Waals surface area contributed by atoms with E-state index in [9.17, 15) is 4.79 Å². The average molecular weight is 232 g/mol. The third kappa shape index (κ3) is 2.20. The topological polar surface area (TPSA) is 55.1 Å². The maximum Gasteiger partial charge on any atom is 0.221 e. The van der Waals surface area contributed by atoms with E-state index < -0.39 is 0 Å². The maximum atomic E-state index is 10.9. The van der Waals surface area contributed by atoms with E-state index in [-0.39, 0.29) is 16.9 Å². The Balaban J connectivity index is 2.22. The van der Waals surface area contributed by atoms with E-state index in [2.05, 4.69) is 31.3 Å². The van der Waals surface area contributed by atoms with Gasteiger partial charge in [0, 0.05) is 23.6 Å². The van der Waals surface area contributed by atoms with Crippen molar-refractivity contribution >= 4 is 11.6 Å². The van der Waals surface area contributed by atoms with Crippen molar-refractivity contribution in [2.45, 2.75) is 44.6 Å². The lowest BCUT2D eigenvalue weighted by molar-refractivity contribution is -0.114. The number of nitrogens with two attached hydrogens (primary N) is 1. The molecule has 3 heteroatoms. The van der Waals surface area contributed by atoms with Crippen LogP contribution in [0.5, 0.6) is 0 Å². The quantitative estimate of drug-likeness (QED) is 0.841. The molecule has 17 heavy (non-hydrogen) atoms. The lowest BCUT2D eigenvalue weighted by Crippen LogP contribution is -2.45. The van der Waals surface area contributed by atoms with Gasteiger partial charge in [0.1, 0.15) is 0 Å². The fraction of sp³-hybridized carbons (Fsp3) is 0.500. The predicted octanol–water partition coefficient (Wildman–Crippen LogP) is 2.41. The summed E-state index contributed by atoms with van der Waals surface area (Å²) in [5.41, 5.74) is 8.31. The van der Waals surface area contributed by atoms with Crippen LogP contribution in [0.15, 0.2) is 24.3 Å². The van der Waals surface area contributed by atoms with Gasteiger partial charge in [0.25, 0.3) is 0 Å². The fourth-order valence-corrected chi connectivity index (χ4v) is 2.51. The molecule has 3 nitrogen and oxygen atoms in total. The third-order valence-electron chi connectivity index (χ3n) is 3.74. The highest BCUT2D eigenvalue weighted by atomic mass is 16.1. The summed E-state index contributed by atoms with van der Waals surface area (Å²) in [6, 6.07) is 8.05. The van der Waals surface area contributed by atoms with E-state index in [1.165, 1.54) is 12.5 Å². The van der Waals surface area contributed by atoms with Crippen LogP contribution in [-0.4, -0.2) is 11.4 Å². The summed E-state index contributed by atoms with van der Waals surface area (Å²) in [6.07, 6.45) is 2.30. The monoisotopic (exact) mass is 232 g/mol. The predicted molar refractivity (Wildman–Crippen MR) is 69.9 cm³/mol. The smallest absolute Gasteiger partial charge is 0.221 e. The SMILES string of the molecule is CC(=O)Nc1ccc(C2(C(C)(C)N)CC2)cc1. The minimum atomic E-state index is -0.192. The van der Waals surface area contributed by atoms with Crippen molar-refractivity contribution in [1.29, 1.82) is 0 Å². The molecule has 1 saturated carbocycles. The summed E-state index contributed by atoms with van der Waals surface area (Å²) >= 11 is 0. The second-order valence-electron chi connectivity index (χ2n) is 5.56. The zero-order chi connectivity index (χ0) is 12.7. The van der Waals surface area contributed by atoms with E-state index in [1.807, 2.05) is 12.1 Å². The van der Waals surface area contributed by atoms with Crippen molar-refractivity contribution in [1.82, 2.24) is 0 Å². The number of carbonyl (C=O) groups excluding carboxylic acids is 1. The molecule has 0 heterocycles. The summed E-state index contributed by atoms with van der Waals surface area (Å²) in [5.74, 6) is -0.0435. The third-order valence-corrected chi connectivity index (χ3v) is 3.74. The Morgan fingerprint density at radius 1 is 1.29 bits per heavy atom. The molecule has 92 valence electrons. The molecule has 1 fully saturated rings. The van der Waals surface area contributed by atoms with Crippen molar-refractivity contribution in [3.8, 4) is 0 Å². The Labute approximate surface area is 102 Å². The van der Waals surface area contributed by atoms with Crippen molar-refractivity contribution in [3.05, 3.63) is 29.8 Å². The van der Waals surface area contributed by atoms with Crippen LogP contribution < -0.4 is 11.1 Å². The van der Waals surface area contributed by atoms with Gasteiger partial charge in [-0.1, -0.05) is 12.1 Å². The zero-order valence-corrected chi connectivity index (χ0v) is 10.7. The second-order valence-corrected chi connectivity index (χ2v) is 5.56. The second kappa shape index (κ2) is 3.84. The molecule has 1 aliphatic carbocycles. The molecule has 3 N–H and O–H groups in total. The standard InChI is InChI=1S/C14H20N2O/c1-10(17)16-12-6-4-11(5-7-12)14(8-9-14)13(2,3)15/h4-7H,8-9,15H2,1-3H3,(H,16,17). The van der Waals surface area contributed by atoms with Gasteiger partial charge in [0.05, 0.1) is 0 Å². The molecule has 0 aliphatic heterocycles. The molecule has 1 aromatic carbocycles. The van der Waals surface area contributed by atoms with E-state index in [0.717, 1.165) is 18.5 Å². The molecule has 1 amide bonds. The molecule has 1 aliphatic rings. The lowest BCUT2D eigenvalue weighted by atomic mass is 9.79. The van der Waals surface area contributed by atoms with E-state index in [4.69, 9.17) is 5.73 Å². The molecule has 0 saturated heterocycles. The molecule has 0 atom stereocenters. The molecule has 0 spiro atoms. The number of benzene rings is 1. The lowest BCUT2D eigenvalue weighted by Gasteiger charge is -2.31. The highest BCUT2D eigenvalue weighted by Crippen LogP contribution is 2.54. The minimum absolute atomic E-state index is 0.0435. The molecular weight excluding hydrogens is 212 g/mol. The number of amides is 1. The van der Waals surface area contributed by atoms with Crippen LogP contribution in [0.2, 0.25) is 0 Å². The summed E-state index contributed by atoms with van der Waals surface area (Å²) in [4.78, 5) is 10.9. The highest BCUT2D eigenvalue weighted by molar-refractivity contribution is 5.88. The van der Waals surface area contributed by atoms with Crippen molar-refractivity contribution < 1.29 is 4.79 Å². The Bertz CT molecular complexity index is 425. The Hall–Kier alpha value is -1.35. The van der Waals surface area contributed by atoms with Crippen LogP contribution in [0.25, 0.3) is 0 Å². The number of hydrogen-bond donors (Lipinski definition) is 2. The van der Waals surface area contributed by atoms with Crippen LogP contribution in [0.1, 0.15) is 39.2 Å². The molecular formula is C14H20N2O. The largest absolute Gasteiger partial charge is 0.326 e. The summed E-state index contributed by atoms with van der Waals surface area (Å²) in [5, 5.41) is 2.77. The first-order valence-corrected chi connectivity index (χ1v) is 6.02. The van der Waals surface area contributed by atoms with Gasteiger partial charge < -0.3 is 11.1 Å². The first-order valence-electron chi connectivity index (χ1n) is 6.02. The normalized spacial score (nSPS) is 17.6. The summed E-state index contributed by atoms with van der Waals surface area (Å²) < 4.78 is 0. The Morgan fingerprint density at radius 3 is 2.18 bits per heavy atom. The van der Waals surface area contributed by atoms with Gasteiger partial charge in [-0.05, 0) is 44.4 Å². The number of carbonyl (C=O) groups is 1. The van der Waals surface area contributed by atoms with Gasteiger partial charge in [-0.2, -0.15) is 0 Å². The van der Waals surface area contributed by atoms with Crippen molar-refractivity contribution in [2.24, 2.45) is 5.73 Å². The van der Waals surface area contributed by atoms with Crippen LogP contribution in [0.4, 0.5) is 5.69 Å². The van der Waals surface area contributed by atoms with Crippen LogP contribution >= 0.6 is 0 Å². The number of hydrogen-bond acceptors (Lipinski definition) is 2. The van der Waals surface area contributed by atoms with Gasteiger partial charge in [-0.3, -0.25) is 4.79 Å². The number of rotatable bonds is 3. The van der Waals surface area contributed by atoms with Gasteiger partial charge in [0.15, 0.2) is 0 Å². The molecule has 1 aromatic rings. The van der Waals surface area contributed by atoms with Crippen LogP contribution in [-0.2, 0) is 10.2 Å². The Kier molecular flexibility index (Phi) is 2.74. The Morgan fingerprint density at radius 2 is 1.82 bits per heavy atom. The maximum absolute atomic E-state index is 10.9. The molecule has 0 unspecified atom stereocenters. The molecule has 0 bridgehead atoms. The summed E-state index contributed by atoms with van der Waals surface area (Å²) in [6.45, 7) is 5.68. The van der Waals surface area contributed by atoms with Crippen LogP contribution in [0, 0.1) is 0 Å². The zero-order valence-electron chi connectivity index (χ0n) is 10.7. The van der Waals surface area contributed by atoms with E-state index in [0.29, 0.717) is 0 Å². The average Bonchev–Trinajstić information content (AvgIpc) is 2.97. The minimum Gasteiger partial charge on any atom is -0.326 e. The first-order chi connectivity index (χ1) is 7.85. The fourth-order valence-electron chi connectivity index (χ4n) is 2.51. The molecule has 0 aromatic heterocycles. The van der Waals surface area contributed by atoms with Gasteiger partial charge in [0.2, 0.25) is 5.91 Å². The number of nitrogens with one attached hydrogen (secondary N) is 1. The molecule has 2 rings (SSSR count). The van der Waals surface area contributed by atoms with Crippen LogP contribution in [0.3, 0.4) is 0 Å². The number of anilines is 1. The van der Waals surface area contributed by atoms with E-state index in [1.54, 1.807) is 0 Å². The van der Waals surface area contributed by atoms with Crippen molar-refractivity contribution in [2.75, 3.05) is 5.32 Å². The van der Waals surface area contributed by atoms with Gasteiger partial charge in [-0.25, -0.2) is 0 Å². The highest BCUT2D eigenvalue weighted by Gasteiger charge is 2.53. The van der Waals surface area contributed by atoms with Gasteiger partial charge in [-0.15, -0.1) is 0 Å². The first kappa shape index (κ1) is 12.1. The van der Waals surface area contributed by atoms with Gasteiger partial charge >= 0.3 is 0 Å². The summed E-state index contributed by atoms with van der Waals surface area (Å²) in [7, 11) is 0.